The predicted octanol–water partition coefficient (Wildman–Crippen LogP) is 2.37. The lowest BCUT2D eigenvalue weighted by Crippen LogP contribution is -2.38. The number of nitrogens with two attached hydrogens (primary N) is 1. The summed E-state index contributed by atoms with van der Waals surface area (Å²) in [6.45, 7) is 8.59. The van der Waals surface area contributed by atoms with Crippen molar-refractivity contribution >= 4 is 5.69 Å². The van der Waals surface area contributed by atoms with Crippen LogP contribution in [0.3, 0.4) is 0 Å². The number of rotatable bonds is 5. The molecule has 0 bridgehead atoms. The summed E-state index contributed by atoms with van der Waals surface area (Å²) in [7, 11) is 2.20. The molecule has 0 aliphatic carbocycles. The highest BCUT2D eigenvalue weighted by atomic mass is 15.2. The van der Waals surface area contributed by atoms with E-state index in [1.807, 2.05) is 0 Å². The summed E-state index contributed by atoms with van der Waals surface area (Å²) in [6.07, 6.45) is 2.68. The molecule has 106 valence electrons. The molecule has 3 heteroatoms. The molecule has 1 saturated heterocycles. The van der Waals surface area contributed by atoms with Crippen molar-refractivity contribution in [2.45, 2.75) is 39.3 Å². The Hall–Kier alpha value is -1.06. The zero-order valence-corrected chi connectivity index (χ0v) is 12.5. The van der Waals surface area contributed by atoms with E-state index >= 15 is 0 Å². The fourth-order valence-corrected chi connectivity index (χ4v) is 3.09. The molecule has 19 heavy (non-hydrogen) atoms. The van der Waals surface area contributed by atoms with E-state index in [0.29, 0.717) is 12.6 Å². The summed E-state index contributed by atoms with van der Waals surface area (Å²) in [5, 5.41) is 0. The van der Waals surface area contributed by atoms with Gasteiger partial charge in [-0.25, -0.2) is 0 Å². The average molecular weight is 261 g/mol. The van der Waals surface area contributed by atoms with Crippen LogP contribution in [-0.4, -0.2) is 37.6 Å². The van der Waals surface area contributed by atoms with Gasteiger partial charge in [-0.2, -0.15) is 0 Å². The second kappa shape index (κ2) is 6.40. The van der Waals surface area contributed by atoms with E-state index in [0.717, 1.165) is 6.54 Å². The van der Waals surface area contributed by atoms with Gasteiger partial charge in [0.2, 0.25) is 0 Å². The Kier molecular flexibility index (Phi) is 4.83. The molecule has 0 saturated carbocycles. The van der Waals surface area contributed by atoms with Crippen LogP contribution in [0.4, 0.5) is 5.69 Å². The first-order chi connectivity index (χ1) is 9.15. The number of aryl methyl sites for hydroxylation is 1. The van der Waals surface area contributed by atoms with Gasteiger partial charge in [0, 0.05) is 31.9 Å². The van der Waals surface area contributed by atoms with Crippen molar-refractivity contribution in [3.8, 4) is 0 Å². The van der Waals surface area contributed by atoms with Crippen molar-refractivity contribution in [3.63, 3.8) is 0 Å². The number of likely N-dealkylation sites (N-methyl/N-ethyl adjacent to an activating group) is 2. The topological polar surface area (TPSA) is 32.5 Å². The summed E-state index contributed by atoms with van der Waals surface area (Å²) in [4.78, 5) is 4.98. The lowest BCUT2D eigenvalue weighted by atomic mass is 10.1. The van der Waals surface area contributed by atoms with E-state index in [4.69, 9.17) is 5.73 Å². The summed E-state index contributed by atoms with van der Waals surface area (Å²) in [5.41, 5.74) is 9.57. The van der Waals surface area contributed by atoms with Crippen molar-refractivity contribution in [2.75, 3.05) is 31.6 Å². The van der Waals surface area contributed by atoms with Gasteiger partial charge in [-0.3, -0.25) is 4.90 Å². The molecule has 2 rings (SSSR count). The molecule has 1 atom stereocenters. The Morgan fingerprint density at radius 2 is 2.21 bits per heavy atom. The molecule has 1 aromatic rings. The summed E-state index contributed by atoms with van der Waals surface area (Å²) >= 11 is 0. The predicted molar refractivity (Wildman–Crippen MR) is 82.6 cm³/mol. The lowest BCUT2D eigenvalue weighted by molar-refractivity contribution is 0.270. The monoisotopic (exact) mass is 261 g/mol. The van der Waals surface area contributed by atoms with Crippen molar-refractivity contribution < 1.29 is 0 Å². The second-order valence-electron chi connectivity index (χ2n) is 5.62. The van der Waals surface area contributed by atoms with E-state index in [-0.39, 0.29) is 0 Å². The zero-order chi connectivity index (χ0) is 13.8. The number of anilines is 1. The molecular formula is C16H27N3. The Labute approximate surface area is 117 Å². The smallest absolute Gasteiger partial charge is 0.0367 e. The highest BCUT2D eigenvalue weighted by Gasteiger charge is 2.24. The van der Waals surface area contributed by atoms with Crippen LogP contribution >= 0.6 is 0 Å². The first-order valence-electron chi connectivity index (χ1n) is 7.40. The minimum absolute atomic E-state index is 0.627. The van der Waals surface area contributed by atoms with Crippen LogP contribution in [0.1, 0.15) is 30.9 Å². The van der Waals surface area contributed by atoms with Gasteiger partial charge in [0.05, 0.1) is 0 Å². The minimum Gasteiger partial charge on any atom is -0.373 e. The van der Waals surface area contributed by atoms with Crippen LogP contribution in [0.2, 0.25) is 0 Å². The van der Waals surface area contributed by atoms with Crippen molar-refractivity contribution in [3.05, 3.63) is 29.3 Å². The molecule has 0 radical (unpaired) electrons. The SMILES string of the molecule is CCN1CCCC1CN(C)c1ccc(CN)c(C)c1. The maximum absolute atomic E-state index is 5.72. The number of likely N-dealkylation sites (tertiary alicyclic amines) is 1. The fraction of sp³-hybridized carbons (Fsp3) is 0.625. The Balaban J connectivity index is 2.03. The van der Waals surface area contributed by atoms with Gasteiger partial charge in [-0.15, -0.1) is 0 Å². The second-order valence-corrected chi connectivity index (χ2v) is 5.62. The molecular weight excluding hydrogens is 234 g/mol. The van der Waals surface area contributed by atoms with Crippen LogP contribution < -0.4 is 10.6 Å². The molecule has 1 aromatic carbocycles. The largest absolute Gasteiger partial charge is 0.373 e. The highest BCUT2D eigenvalue weighted by Crippen LogP contribution is 2.22. The molecule has 1 fully saturated rings. The maximum Gasteiger partial charge on any atom is 0.0367 e. The summed E-state index contributed by atoms with van der Waals surface area (Å²) < 4.78 is 0. The van der Waals surface area contributed by atoms with Gasteiger partial charge < -0.3 is 10.6 Å². The van der Waals surface area contributed by atoms with Crippen molar-refractivity contribution in [1.82, 2.24) is 4.90 Å². The first kappa shape index (κ1) is 14.4. The Morgan fingerprint density at radius 3 is 2.84 bits per heavy atom. The van der Waals surface area contributed by atoms with Gasteiger partial charge >= 0.3 is 0 Å². The molecule has 1 aliphatic heterocycles. The van der Waals surface area contributed by atoms with Crippen LogP contribution in [0.25, 0.3) is 0 Å². The molecule has 0 amide bonds. The Bertz CT molecular complexity index is 416. The van der Waals surface area contributed by atoms with Gasteiger partial charge in [-0.05, 0) is 56.1 Å². The number of benzene rings is 1. The van der Waals surface area contributed by atoms with Gasteiger partial charge in [0.25, 0.3) is 0 Å². The van der Waals surface area contributed by atoms with E-state index in [1.54, 1.807) is 0 Å². The average Bonchev–Trinajstić information content (AvgIpc) is 2.85. The fourth-order valence-electron chi connectivity index (χ4n) is 3.09. The maximum atomic E-state index is 5.72. The summed E-state index contributed by atoms with van der Waals surface area (Å²) in [6, 6.07) is 7.32. The van der Waals surface area contributed by atoms with E-state index in [2.05, 4.69) is 48.9 Å². The minimum atomic E-state index is 0.627. The van der Waals surface area contributed by atoms with Crippen LogP contribution in [0, 0.1) is 6.92 Å². The standard InChI is InChI=1S/C16H27N3/c1-4-19-9-5-6-16(19)12-18(3)15-8-7-14(11-17)13(2)10-15/h7-8,10,16H,4-6,9,11-12,17H2,1-3H3. The van der Waals surface area contributed by atoms with Crippen LogP contribution in [0.5, 0.6) is 0 Å². The summed E-state index contributed by atoms with van der Waals surface area (Å²) in [5.74, 6) is 0. The zero-order valence-electron chi connectivity index (χ0n) is 12.5. The Morgan fingerprint density at radius 1 is 1.42 bits per heavy atom. The van der Waals surface area contributed by atoms with Crippen LogP contribution in [0.15, 0.2) is 18.2 Å². The van der Waals surface area contributed by atoms with Gasteiger partial charge in [-0.1, -0.05) is 13.0 Å². The first-order valence-corrected chi connectivity index (χ1v) is 7.40. The molecule has 1 unspecified atom stereocenters. The molecule has 3 nitrogen and oxygen atoms in total. The number of hydrogen-bond donors (Lipinski definition) is 1. The molecule has 1 aliphatic rings. The van der Waals surface area contributed by atoms with Crippen molar-refractivity contribution in [1.29, 1.82) is 0 Å². The van der Waals surface area contributed by atoms with E-state index < -0.39 is 0 Å². The third-order valence-electron chi connectivity index (χ3n) is 4.38. The van der Waals surface area contributed by atoms with E-state index in [1.165, 1.54) is 42.7 Å². The quantitative estimate of drug-likeness (QED) is 0.883. The van der Waals surface area contributed by atoms with Gasteiger partial charge in [0.1, 0.15) is 0 Å². The van der Waals surface area contributed by atoms with Crippen molar-refractivity contribution in [2.24, 2.45) is 5.73 Å². The number of hydrogen-bond acceptors (Lipinski definition) is 3. The highest BCUT2D eigenvalue weighted by molar-refractivity contribution is 5.50. The molecule has 1 heterocycles. The molecule has 2 N–H and O–H groups in total. The third-order valence-corrected chi connectivity index (χ3v) is 4.38. The number of nitrogens with zero attached hydrogens (tertiary/aromatic N) is 2. The van der Waals surface area contributed by atoms with Crippen LogP contribution in [-0.2, 0) is 6.54 Å². The lowest BCUT2D eigenvalue weighted by Gasteiger charge is -2.29. The van der Waals surface area contributed by atoms with E-state index in [9.17, 15) is 0 Å². The molecule has 0 spiro atoms. The third kappa shape index (κ3) is 3.28. The van der Waals surface area contributed by atoms with Gasteiger partial charge in [0.15, 0.2) is 0 Å². The molecule has 0 aromatic heterocycles. The normalized spacial score (nSPS) is 19.9.